The summed E-state index contributed by atoms with van der Waals surface area (Å²) in [6, 6.07) is 0. The number of methoxy groups -OCH3 is 1. The predicted molar refractivity (Wildman–Crippen MR) is 65.2 cm³/mol. The summed E-state index contributed by atoms with van der Waals surface area (Å²) < 4.78 is 4.69. The van der Waals surface area contributed by atoms with Crippen molar-refractivity contribution in [2.24, 2.45) is 5.41 Å². The Balaban J connectivity index is 2.23. The Labute approximate surface area is 100 Å². The lowest BCUT2D eigenvalue weighted by Crippen LogP contribution is -2.13. The third kappa shape index (κ3) is 4.47. The number of halogens is 1. The molecule has 1 fully saturated rings. The molecular weight excluding hydrogens is 232 g/mol. The number of carbonyl (C=O) groups excluding carboxylic acids is 1. The van der Waals surface area contributed by atoms with Crippen molar-refractivity contribution in [1.82, 2.24) is 0 Å². The van der Waals surface area contributed by atoms with Gasteiger partial charge in [0.15, 0.2) is 0 Å². The van der Waals surface area contributed by atoms with Crippen LogP contribution in [0.25, 0.3) is 0 Å². The van der Waals surface area contributed by atoms with Gasteiger partial charge in [0.1, 0.15) is 0 Å². The highest BCUT2D eigenvalue weighted by atomic mass is 35.5. The van der Waals surface area contributed by atoms with Gasteiger partial charge < -0.3 is 4.74 Å². The minimum atomic E-state index is -0.0855. The first-order chi connectivity index (χ1) is 7.12. The number of hydrogen-bond donors (Lipinski definition) is 0. The van der Waals surface area contributed by atoms with Gasteiger partial charge in [-0.2, -0.15) is 11.8 Å². The van der Waals surface area contributed by atoms with E-state index in [1.165, 1.54) is 12.7 Å². The average molecular weight is 249 g/mol. The van der Waals surface area contributed by atoms with E-state index in [1.807, 2.05) is 18.7 Å². The third-order valence-corrected chi connectivity index (χ3v) is 4.48. The molecule has 1 rings (SSSR count). The largest absolute Gasteiger partial charge is 0.469 e. The molecule has 0 aromatic rings. The molecule has 0 radical (unpaired) electrons. The monoisotopic (exact) mass is 248 g/mol. The number of carbonyl (C=O) groups is 1. The molecule has 0 bridgehead atoms. The van der Waals surface area contributed by atoms with E-state index < -0.39 is 0 Å². The zero-order chi connectivity index (χ0) is 11.3. The second-order valence-electron chi connectivity index (χ2n) is 4.20. The van der Waals surface area contributed by atoms with Crippen LogP contribution in [0.2, 0.25) is 0 Å². The topological polar surface area (TPSA) is 26.3 Å². The zero-order valence-corrected chi connectivity index (χ0v) is 10.8. The Morgan fingerprint density at radius 2 is 2.27 bits per heavy atom. The van der Waals surface area contributed by atoms with Gasteiger partial charge >= 0.3 is 5.97 Å². The van der Waals surface area contributed by atoms with Crippen molar-refractivity contribution in [2.45, 2.75) is 26.2 Å². The number of rotatable bonds is 6. The maximum atomic E-state index is 11.2. The first kappa shape index (κ1) is 12.9. The molecule has 0 N–H and O–H groups in total. The minimum absolute atomic E-state index is 0.0855. The fraction of sp³-hybridized carbons (Fsp3) is 0.727. The quantitative estimate of drug-likeness (QED) is 0.676. The molecule has 0 aliphatic heterocycles. The minimum Gasteiger partial charge on any atom is -0.469 e. The Morgan fingerprint density at radius 3 is 2.73 bits per heavy atom. The summed E-state index contributed by atoms with van der Waals surface area (Å²) >= 11 is 7.42. The van der Waals surface area contributed by atoms with E-state index >= 15 is 0 Å². The predicted octanol–water partition coefficient (Wildman–Crippen LogP) is 3.21. The van der Waals surface area contributed by atoms with Gasteiger partial charge in [0.25, 0.3) is 0 Å². The first-order valence-electron chi connectivity index (χ1n) is 5.02. The van der Waals surface area contributed by atoms with Crippen LogP contribution in [0.3, 0.4) is 0 Å². The fourth-order valence-electron chi connectivity index (χ4n) is 1.39. The van der Waals surface area contributed by atoms with Gasteiger partial charge in [0.2, 0.25) is 0 Å². The summed E-state index contributed by atoms with van der Waals surface area (Å²) in [5.74, 6) is 1.90. The van der Waals surface area contributed by atoms with Crippen LogP contribution >= 0.6 is 23.4 Å². The third-order valence-electron chi connectivity index (χ3n) is 2.63. The normalized spacial score (nSPS) is 18.7. The zero-order valence-electron chi connectivity index (χ0n) is 9.22. The standard InChI is InChI=1S/C11H17ClO2S/c1-9(6-12)7-15-8-11(3-4-11)5-10(13)14-2/h6H,3-5,7-8H2,1-2H3. The number of ether oxygens (including phenoxy) is 1. The summed E-state index contributed by atoms with van der Waals surface area (Å²) in [7, 11) is 1.45. The lowest BCUT2D eigenvalue weighted by atomic mass is 10.1. The fourth-order valence-corrected chi connectivity index (χ4v) is 2.89. The van der Waals surface area contributed by atoms with Crippen molar-refractivity contribution < 1.29 is 9.53 Å². The van der Waals surface area contributed by atoms with Crippen LogP contribution in [0.15, 0.2) is 11.1 Å². The smallest absolute Gasteiger partial charge is 0.306 e. The molecular formula is C11H17ClO2S. The van der Waals surface area contributed by atoms with Crippen LogP contribution in [0.5, 0.6) is 0 Å². The van der Waals surface area contributed by atoms with Gasteiger partial charge in [-0.15, -0.1) is 0 Å². The number of thioether (sulfide) groups is 1. The van der Waals surface area contributed by atoms with Gasteiger partial charge in [0, 0.05) is 11.3 Å². The Bertz CT molecular complexity index is 259. The maximum Gasteiger partial charge on any atom is 0.306 e. The van der Waals surface area contributed by atoms with Crippen LogP contribution in [-0.4, -0.2) is 24.6 Å². The summed E-state index contributed by atoms with van der Waals surface area (Å²) in [6.45, 7) is 2.01. The first-order valence-corrected chi connectivity index (χ1v) is 6.61. The second kappa shape index (κ2) is 5.80. The molecule has 0 saturated heterocycles. The van der Waals surface area contributed by atoms with Crippen LogP contribution in [-0.2, 0) is 9.53 Å². The molecule has 0 atom stereocenters. The highest BCUT2D eigenvalue weighted by Gasteiger charge is 2.44. The molecule has 86 valence electrons. The van der Waals surface area contributed by atoms with Gasteiger partial charge in [-0.25, -0.2) is 0 Å². The van der Waals surface area contributed by atoms with Gasteiger partial charge in [-0.05, 0) is 30.9 Å². The average Bonchev–Trinajstić information content (AvgIpc) is 2.97. The molecule has 15 heavy (non-hydrogen) atoms. The molecule has 1 saturated carbocycles. The lowest BCUT2D eigenvalue weighted by molar-refractivity contribution is -0.141. The molecule has 1 aliphatic rings. The Kier molecular flexibility index (Phi) is 5.00. The number of hydrogen-bond acceptors (Lipinski definition) is 3. The molecule has 0 aromatic heterocycles. The van der Waals surface area contributed by atoms with Crippen LogP contribution < -0.4 is 0 Å². The summed E-state index contributed by atoms with van der Waals surface area (Å²) in [5, 5.41) is 0. The summed E-state index contributed by atoms with van der Waals surface area (Å²) in [5.41, 5.74) is 3.02. The van der Waals surface area contributed by atoms with Gasteiger partial charge in [-0.1, -0.05) is 17.2 Å². The van der Waals surface area contributed by atoms with Crippen molar-refractivity contribution in [2.75, 3.05) is 18.6 Å². The highest BCUT2D eigenvalue weighted by Crippen LogP contribution is 2.51. The molecule has 0 aromatic carbocycles. The Morgan fingerprint density at radius 1 is 1.60 bits per heavy atom. The molecule has 0 unspecified atom stereocenters. The maximum absolute atomic E-state index is 11.2. The van der Waals surface area contributed by atoms with E-state index in [0.717, 1.165) is 24.3 Å². The van der Waals surface area contributed by atoms with E-state index in [1.54, 1.807) is 5.54 Å². The molecule has 4 heteroatoms. The molecule has 1 aliphatic carbocycles. The Hall–Kier alpha value is -0.150. The van der Waals surface area contributed by atoms with Crippen molar-refractivity contribution in [1.29, 1.82) is 0 Å². The lowest BCUT2D eigenvalue weighted by Gasteiger charge is -2.12. The van der Waals surface area contributed by atoms with Crippen molar-refractivity contribution in [3.63, 3.8) is 0 Å². The van der Waals surface area contributed by atoms with Crippen LogP contribution in [0, 0.1) is 5.41 Å². The van der Waals surface area contributed by atoms with E-state index in [4.69, 9.17) is 16.3 Å². The SMILES string of the molecule is COC(=O)CC1(CSCC(C)=CCl)CC1. The molecule has 0 heterocycles. The van der Waals surface area contributed by atoms with E-state index in [0.29, 0.717) is 6.42 Å². The van der Waals surface area contributed by atoms with Crippen molar-refractivity contribution in [3.8, 4) is 0 Å². The molecule has 0 spiro atoms. The van der Waals surface area contributed by atoms with E-state index in [9.17, 15) is 4.79 Å². The van der Waals surface area contributed by atoms with Gasteiger partial charge in [0.05, 0.1) is 13.5 Å². The molecule has 2 nitrogen and oxygen atoms in total. The van der Waals surface area contributed by atoms with E-state index in [-0.39, 0.29) is 11.4 Å². The van der Waals surface area contributed by atoms with Crippen molar-refractivity contribution >= 4 is 29.3 Å². The number of esters is 1. The summed E-state index contributed by atoms with van der Waals surface area (Å²) in [6.07, 6.45) is 2.87. The highest BCUT2D eigenvalue weighted by molar-refractivity contribution is 7.99. The second-order valence-corrected chi connectivity index (χ2v) is 5.40. The van der Waals surface area contributed by atoms with Crippen molar-refractivity contribution in [3.05, 3.63) is 11.1 Å². The summed E-state index contributed by atoms with van der Waals surface area (Å²) in [4.78, 5) is 11.2. The van der Waals surface area contributed by atoms with E-state index in [2.05, 4.69) is 0 Å². The van der Waals surface area contributed by atoms with Gasteiger partial charge in [-0.3, -0.25) is 4.79 Å². The molecule has 0 amide bonds. The van der Waals surface area contributed by atoms with Crippen LogP contribution in [0.4, 0.5) is 0 Å². The van der Waals surface area contributed by atoms with Crippen LogP contribution in [0.1, 0.15) is 26.2 Å².